The van der Waals surface area contributed by atoms with Crippen LogP contribution in [0.4, 0.5) is 0 Å². The minimum atomic E-state index is -3.31. The van der Waals surface area contributed by atoms with Gasteiger partial charge in [-0.2, -0.15) is 4.31 Å². The van der Waals surface area contributed by atoms with Crippen molar-refractivity contribution in [3.8, 4) is 0 Å². The summed E-state index contributed by atoms with van der Waals surface area (Å²) in [6.07, 6.45) is 2.04. The van der Waals surface area contributed by atoms with Crippen LogP contribution in [0.15, 0.2) is 16.3 Å². The zero-order valence-corrected chi connectivity index (χ0v) is 13.4. The van der Waals surface area contributed by atoms with Gasteiger partial charge in [-0.25, -0.2) is 8.42 Å². The smallest absolute Gasteiger partial charge is 0.252 e. The summed E-state index contributed by atoms with van der Waals surface area (Å²) < 4.78 is 27.3. The molecule has 4 nitrogen and oxygen atoms in total. The highest BCUT2D eigenvalue weighted by Gasteiger charge is 2.34. The fourth-order valence-corrected chi connectivity index (χ4v) is 5.66. The summed E-state index contributed by atoms with van der Waals surface area (Å²) in [4.78, 5) is 1.05. The van der Waals surface area contributed by atoms with E-state index in [9.17, 15) is 8.42 Å². The number of sulfonamides is 1. The van der Waals surface area contributed by atoms with E-state index in [1.807, 2.05) is 13.1 Å². The Balaban J connectivity index is 2.21. The van der Waals surface area contributed by atoms with Crippen molar-refractivity contribution in [2.45, 2.75) is 37.4 Å². The first-order valence-electron chi connectivity index (χ1n) is 6.59. The highest BCUT2D eigenvalue weighted by Crippen LogP contribution is 2.33. The van der Waals surface area contributed by atoms with Gasteiger partial charge < -0.3 is 5.32 Å². The fourth-order valence-electron chi connectivity index (χ4n) is 2.47. The molecule has 0 saturated carbocycles. The lowest BCUT2D eigenvalue weighted by molar-refractivity contribution is 0.187. The molecule has 0 aromatic carbocycles. The molecule has 1 aliphatic rings. The first kappa shape index (κ1) is 15.0. The van der Waals surface area contributed by atoms with Crippen molar-refractivity contribution in [1.82, 2.24) is 9.62 Å². The molecule has 108 valence electrons. The van der Waals surface area contributed by atoms with Crippen LogP contribution in [0.5, 0.6) is 0 Å². The van der Waals surface area contributed by atoms with E-state index in [0.29, 0.717) is 23.8 Å². The summed E-state index contributed by atoms with van der Waals surface area (Å²) in [7, 11) is -1.44. The molecule has 1 aliphatic heterocycles. The maximum atomic E-state index is 12.6. The topological polar surface area (TPSA) is 49.4 Å². The highest BCUT2D eigenvalue weighted by atomic mass is 32.2. The average Bonchev–Trinajstić information content (AvgIpc) is 2.77. The Kier molecular flexibility index (Phi) is 4.35. The van der Waals surface area contributed by atoms with E-state index >= 15 is 0 Å². The van der Waals surface area contributed by atoms with E-state index in [4.69, 9.17) is 0 Å². The van der Waals surface area contributed by atoms with Crippen LogP contribution in [0.3, 0.4) is 0 Å². The molecule has 0 radical (unpaired) electrons. The van der Waals surface area contributed by atoms with Crippen LogP contribution in [0, 0.1) is 5.41 Å². The van der Waals surface area contributed by atoms with Crippen LogP contribution >= 0.6 is 11.3 Å². The summed E-state index contributed by atoms with van der Waals surface area (Å²) in [5, 5.41) is 3.04. The zero-order valence-electron chi connectivity index (χ0n) is 11.8. The number of nitrogens with zero attached hydrogens (tertiary/aromatic N) is 1. The Morgan fingerprint density at radius 3 is 2.79 bits per heavy atom. The van der Waals surface area contributed by atoms with Gasteiger partial charge in [0.15, 0.2) is 0 Å². The van der Waals surface area contributed by atoms with Crippen molar-refractivity contribution in [3.05, 3.63) is 17.0 Å². The summed E-state index contributed by atoms with van der Waals surface area (Å²) in [5.41, 5.74) is 0.0797. The number of piperidine rings is 1. The van der Waals surface area contributed by atoms with Gasteiger partial charge in [0.2, 0.25) is 0 Å². The molecule has 1 N–H and O–H groups in total. The van der Waals surface area contributed by atoms with Crippen molar-refractivity contribution in [1.29, 1.82) is 0 Å². The Hall–Kier alpha value is -0.430. The summed E-state index contributed by atoms with van der Waals surface area (Å²) in [5.74, 6) is 0. The third-order valence-corrected chi connectivity index (χ3v) is 6.85. The maximum absolute atomic E-state index is 12.6. The second-order valence-corrected chi connectivity index (χ2v) is 9.19. The van der Waals surface area contributed by atoms with Crippen LogP contribution < -0.4 is 5.32 Å². The SMILES string of the molecule is CNCc1ccc(S(=O)(=O)N2CCCC(C)(C)C2)s1. The van der Waals surface area contributed by atoms with Gasteiger partial charge >= 0.3 is 0 Å². The monoisotopic (exact) mass is 302 g/mol. The Morgan fingerprint density at radius 2 is 2.16 bits per heavy atom. The molecule has 0 spiro atoms. The first-order valence-corrected chi connectivity index (χ1v) is 8.84. The lowest BCUT2D eigenvalue weighted by Gasteiger charge is -2.36. The molecule has 0 atom stereocenters. The molecule has 1 aromatic heterocycles. The predicted octanol–water partition coefficient (Wildman–Crippen LogP) is 2.28. The van der Waals surface area contributed by atoms with Gasteiger partial charge in [-0.3, -0.25) is 0 Å². The first-order chi connectivity index (χ1) is 8.85. The van der Waals surface area contributed by atoms with Crippen molar-refractivity contribution in [2.24, 2.45) is 5.41 Å². The van der Waals surface area contributed by atoms with E-state index < -0.39 is 10.0 Å². The van der Waals surface area contributed by atoms with Crippen molar-refractivity contribution >= 4 is 21.4 Å². The largest absolute Gasteiger partial charge is 0.315 e. The molecule has 1 aromatic rings. The molecule has 0 unspecified atom stereocenters. The molecule has 2 heterocycles. The third-order valence-electron chi connectivity index (χ3n) is 3.45. The van der Waals surface area contributed by atoms with Gasteiger partial charge in [-0.1, -0.05) is 13.8 Å². The lowest BCUT2D eigenvalue weighted by Crippen LogP contribution is -2.43. The second kappa shape index (κ2) is 5.52. The fraction of sp³-hybridized carbons (Fsp3) is 0.692. The third kappa shape index (κ3) is 3.37. The van der Waals surface area contributed by atoms with Crippen LogP contribution in [-0.2, 0) is 16.6 Å². The molecule has 19 heavy (non-hydrogen) atoms. The van der Waals surface area contributed by atoms with E-state index in [1.54, 1.807) is 10.4 Å². The van der Waals surface area contributed by atoms with E-state index in [-0.39, 0.29) is 5.41 Å². The van der Waals surface area contributed by atoms with Gasteiger partial charge in [-0.15, -0.1) is 11.3 Å². The molecule has 0 amide bonds. The molecular weight excluding hydrogens is 280 g/mol. The molecule has 0 bridgehead atoms. The molecule has 2 rings (SSSR count). The highest BCUT2D eigenvalue weighted by molar-refractivity contribution is 7.91. The van der Waals surface area contributed by atoms with Crippen molar-refractivity contribution < 1.29 is 8.42 Å². The summed E-state index contributed by atoms with van der Waals surface area (Å²) >= 11 is 1.37. The number of hydrogen-bond acceptors (Lipinski definition) is 4. The molecule has 6 heteroatoms. The molecule has 1 saturated heterocycles. The van der Waals surface area contributed by atoms with Gasteiger partial charge in [0.1, 0.15) is 4.21 Å². The van der Waals surface area contributed by atoms with Crippen LogP contribution in [0.1, 0.15) is 31.6 Å². The van der Waals surface area contributed by atoms with E-state index in [2.05, 4.69) is 19.2 Å². The standard InChI is InChI=1S/C13H22N2O2S2/c1-13(2)7-4-8-15(10-13)19(16,17)12-6-5-11(18-12)9-14-3/h5-6,14H,4,7-10H2,1-3H3. The Labute approximate surface area is 119 Å². The van der Waals surface area contributed by atoms with Gasteiger partial charge in [0, 0.05) is 24.5 Å². The van der Waals surface area contributed by atoms with Gasteiger partial charge in [-0.05, 0) is 37.4 Å². The number of hydrogen-bond donors (Lipinski definition) is 1. The number of nitrogens with one attached hydrogen (secondary N) is 1. The quantitative estimate of drug-likeness (QED) is 0.928. The van der Waals surface area contributed by atoms with E-state index in [1.165, 1.54) is 11.3 Å². The Bertz CT molecular complexity index is 535. The molecule has 0 aliphatic carbocycles. The van der Waals surface area contributed by atoms with Crippen molar-refractivity contribution in [2.75, 3.05) is 20.1 Å². The Morgan fingerprint density at radius 1 is 1.42 bits per heavy atom. The molecule has 1 fully saturated rings. The summed E-state index contributed by atoms with van der Waals surface area (Å²) in [6.45, 7) is 6.25. The zero-order chi connectivity index (χ0) is 14.1. The van der Waals surface area contributed by atoms with Crippen LogP contribution in [-0.4, -0.2) is 32.9 Å². The van der Waals surface area contributed by atoms with Crippen LogP contribution in [0.25, 0.3) is 0 Å². The summed E-state index contributed by atoms with van der Waals surface area (Å²) in [6, 6.07) is 3.62. The second-order valence-electron chi connectivity index (χ2n) is 5.86. The number of rotatable bonds is 4. The van der Waals surface area contributed by atoms with Crippen molar-refractivity contribution in [3.63, 3.8) is 0 Å². The normalized spacial score (nSPS) is 20.6. The van der Waals surface area contributed by atoms with E-state index in [0.717, 1.165) is 17.7 Å². The maximum Gasteiger partial charge on any atom is 0.252 e. The average molecular weight is 302 g/mol. The van der Waals surface area contributed by atoms with Gasteiger partial charge in [0.25, 0.3) is 10.0 Å². The van der Waals surface area contributed by atoms with Crippen LogP contribution in [0.2, 0.25) is 0 Å². The predicted molar refractivity (Wildman–Crippen MR) is 78.9 cm³/mol. The molecular formula is C13H22N2O2S2. The minimum absolute atomic E-state index is 0.0797. The number of thiophene rings is 1. The minimum Gasteiger partial charge on any atom is -0.315 e. The van der Waals surface area contributed by atoms with Gasteiger partial charge in [0.05, 0.1) is 0 Å². The lowest BCUT2D eigenvalue weighted by atomic mass is 9.85.